The van der Waals surface area contributed by atoms with Crippen molar-refractivity contribution >= 4 is 60.3 Å². The monoisotopic (exact) mass is 427 g/mol. The molecule has 1 fully saturated rings. The SMILES string of the molecule is O=C1CN(S(=O)(=O)c2cc3ccc(Cl)cc3s2)CCN1Cc1nccs1. The highest BCUT2D eigenvalue weighted by Gasteiger charge is 2.34. The van der Waals surface area contributed by atoms with E-state index in [2.05, 4.69) is 4.98 Å². The minimum atomic E-state index is -3.71. The van der Waals surface area contributed by atoms with Crippen molar-refractivity contribution in [1.29, 1.82) is 0 Å². The Morgan fingerprint density at radius 1 is 1.23 bits per heavy atom. The zero-order valence-corrected chi connectivity index (χ0v) is 16.7. The highest BCUT2D eigenvalue weighted by atomic mass is 35.5. The molecule has 3 aromatic rings. The fraction of sp³-hybridized carbons (Fsp3) is 0.250. The number of benzene rings is 1. The third-order valence-corrected chi connectivity index (χ3v) is 8.54. The molecule has 0 unspecified atom stereocenters. The fourth-order valence-electron chi connectivity index (χ4n) is 2.79. The number of aromatic nitrogens is 1. The van der Waals surface area contributed by atoms with Crippen LogP contribution in [0.25, 0.3) is 10.1 Å². The molecule has 1 aliphatic heterocycles. The Labute approximate surface area is 163 Å². The first-order valence-electron chi connectivity index (χ1n) is 7.79. The average Bonchev–Trinajstić information content (AvgIpc) is 3.25. The van der Waals surface area contributed by atoms with Gasteiger partial charge in [-0.1, -0.05) is 17.7 Å². The van der Waals surface area contributed by atoms with E-state index in [9.17, 15) is 13.2 Å². The lowest BCUT2D eigenvalue weighted by molar-refractivity contribution is -0.134. The van der Waals surface area contributed by atoms with Gasteiger partial charge in [0.05, 0.1) is 13.1 Å². The molecule has 0 atom stereocenters. The van der Waals surface area contributed by atoms with Gasteiger partial charge in [0.2, 0.25) is 5.91 Å². The van der Waals surface area contributed by atoms with E-state index in [1.165, 1.54) is 27.0 Å². The van der Waals surface area contributed by atoms with E-state index in [0.717, 1.165) is 15.1 Å². The summed E-state index contributed by atoms with van der Waals surface area (Å²) in [5, 5.41) is 4.09. The lowest BCUT2D eigenvalue weighted by Crippen LogP contribution is -2.51. The number of fused-ring (bicyclic) bond motifs is 1. The van der Waals surface area contributed by atoms with Gasteiger partial charge in [0.25, 0.3) is 10.0 Å². The molecule has 0 bridgehead atoms. The third kappa shape index (κ3) is 3.37. The topological polar surface area (TPSA) is 70.6 Å². The van der Waals surface area contributed by atoms with E-state index in [0.29, 0.717) is 18.1 Å². The first-order valence-corrected chi connectivity index (χ1v) is 11.3. The van der Waals surface area contributed by atoms with Crippen molar-refractivity contribution in [3.8, 4) is 0 Å². The van der Waals surface area contributed by atoms with E-state index in [1.54, 1.807) is 35.4 Å². The normalized spacial score (nSPS) is 16.5. The minimum Gasteiger partial charge on any atom is -0.333 e. The molecular weight excluding hydrogens is 414 g/mol. The molecule has 2 aromatic heterocycles. The van der Waals surface area contributed by atoms with Crippen LogP contribution in [0, 0.1) is 0 Å². The average molecular weight is 428 g/mol. The second-order valence-corrected chi connectivity index (χ2v) is 10.5. The Morgan fingerprint density at radius 3 is 2.81 bits per heavy atom. The number of rotatable bonds is 4. The van der Waals surface area contributed by atoms with Crippen LogP contribution in [-0.2, 0) is 21.4 Å². The maximum Gasteiger partial charge on any atom is 0.253 e. The Bertz CT molecular complexity index is 1060. The number of carbonyl (C=O) groups is 1. The molecular formula is C16H14ClN3O3S3. The van der Waals surface area contributed by atoms with Crippen LogP contribution < -0.4 is 0 Å². The number of hydrogen-bond acceptors (Lipinski definition) is 6. The van der Waals surface area contributed by atoms with Crippen LogP contribution in [0.4, 0.5) is 0 Å². The van der Waals surface area contributed by atoms with E-state index >= 15 is 0 Å². The van der Waals surface area contributed by atoms with E-state index in [1.807, 2.05) is 5.38 Å². The van der Waals surface area contributed by atoms with Gasteiger partial charge in [-0.05, 0) is 23.6 Å². The summed E-state index contributed by atoms with van der Waals surface area (Å²) in [5.74, 6) is -0.209. The molecule has 10 heteroatoms. The summed E-state index contributed by atoms with van der Waals surface area (Å²) >= 11 is 8.63. The van der Waals surface area contributed by atoms with Crippen molar-refractivity contribution in [3.05, 3.63) is 45.9 Å². The molecule has 6 nitrogen and oxygen atoms in total. The summed E-state index contributed by atoms with van der Waals surface area (Å²) < 4.78 is 28.2. The summed E-state index contributed by atoms with van der Waals surface area (Å²) in [7, 11) is -3.71. The number of halogens is 1. The van der Waals surface area contributed by atoms with Gasteiger partial charge < -0.3 is 4.90 Å². The van der Waals surface area contributed by atoms with Gasteiger partial charge in [0, 0.05) is 34.4 Å². The molecule has 4 rings (SSSR count). The van der Waals surface area contributed by atoms with E-state index in [-0.39, 0.29) is 23.2 Å². The largest absolute Gasteiger partial charge is 0.333 e. The van der Waals surface area contributed by atoms with Crippen LogP contribution >= 0.6 is 34.3 Å². The first-order chi connectivity index (χ1) is 12.4. The molecule has 1 aliphatic rings. The van der Waals surface area contributed by atoms with E-state index in [4.69, 9.17) is 11.6 Å². The summed E-state index contributed by atoms with van der Waals surface area (Å²) in [6.07, 6.45) is 1.69. The summed E-state index contributed by atoms with van der Waals surface area (Å²) in [4.78, 5) is 18.2. The second kappa shape index (κ2) is 6.90. The number of amides is 1. The van der Waals surface area contributed by atoms with E-state index < -0.39 is 10.0 Å². The number of nitrogens with zero attached hydrogens (tertiary/aromatic N) is 3. The molecule has 1 aromatic carbocycles. The molecule has 26 heavy (non-hydrogen) atoms. The number of sulfonamides is 1. The van der Waals surface area contributed by atoms with Crippen molar-refractivity contribution in [2.45, 2.75) is 10.8 Å². The lowest BCUT2D eigenvalue weighted by atomic mass is 10.3. The quantitative estimate of drug-likeness (QED) is 0.641. The Balaban J connectivity index is 1.54. The van der Waals surface area contributed by atoms with Gasteiger partial charge in [-0.25, -0.2) is 13.4 Å². The highest BCUT2D eigenvalue weighted by molar-refractivity contribution is 7.91. The predicted octanol–water partition coefficient (Wildman–Crippen LogP) is 3.04. The van der Waals surface area contributed by atoms with Crippen molar-refractivity contribution in [2.75, 3.05) is 19.6 Å². The molecule has 136 valence electrons. The third-order valence-electron chi connectivity index (χ3n) is 4.15. The molecule has 0 N–H and O–H groups in total. The summed E-state index contributed by atoms with van der Waals surface area (Å²) in [6, 6.07) is 6.91. The maximum atomic E-state index is 12.9. The van der Waals surface area contributed by atoms with Crippen LogP contribution in [-0.4, -0.2) is 48.1 Å². The van der Waals surface area contributed by atoms with Gasteiger partial charge >= 0.3 is 0 Å². The van der Waals surface area contributed by atoms with Crippen molar-refractivity contribution in [2.24, 2.45) is 0 Å². The molecule has 0 radical (unpaired) electrons. The van der Waals surface area contributed by atoms with Crippen LogP contribution in [0.5, 0.6) is 0 Å². The maximum absolute atomic E-state index is 12.9. The number of thiophene rings is 1. The van der Waals surface area contributed by atoms with Crippen LogP contribution in [0.3, 0.4) is 0 Å². The molecule has 1 amide bonds. The van der Waals surface area contributed by atoms with Gasteiger partial charge in [-0.2, -0.15) is 4.31 Å². The van der Waals surface area contributed by atoms with Crippen molar-refractivity contribution < 1.29 is 13.2 Å². The number of carbonyl (C=O) groups excluding carboxylic acids is 1. The first kappa shape index (κ1) is 17.9. The van der Waals surface area contributed by atoms with Gasteiger partial charge in [0.15, 0.2) is 0 Å². The van der Waals surface area contributed by atoms with Crippen molar-refractivity contribution in [3.63, 3.8) is 0 Å². The number of piperazine rings is 1. The Hall–Kier alpha value is -1.52. The van der Waals surface area contributed by atoms with Gasteiger partial charge in [-0.15, -0.1) is 22.7 Å². The molecule has 1 saturated heterocycles. The standard InChI is InChI=1S/C16H14ClN3O3S3/c17-12-2-1-11-7-16(25-13(11)8-12)26(22,23)20-5-4-19(15(21)10-20)9-14-18-3-6-24-14/h1-3,6-8H,4-5,9-10H2. The predicted molar refractivity (Wildman–Crippen MR) is 103 cm³/mol. The fourth-order valence-corrected chi connectivity index (χ4v) is 6.63. The number of thiazole rings is 1. The highest BCUT2D eigenvalue weighted by Crippen LogP contribution is 2.33. The Morgan fingerprint density at radius 2 is 2.08 bits per heavy atom. The molecule has 0 spiro atoms. The van der Waals surface area contributed by atoms with Gasteiger partial charge in [0.1, 0.15) is 9.22 Å². The zero-order valence-electron chi connectivity index (χ0n) is 13.5. The van der Waals surface area contributed by atoms with Gasteiger partial charge in [-0.3, -0.25) is 4.79 Å². The van der Waals surface area contributed by atoms with Crippen LogP contribution in [0.2, 0.25) is 5.02 Å². The van der Waals surface area contributed by atoms with Crippen LogP contribution in [0.1, 0.15) is 5.01 Å². The number of hydrogen-bond donors (Lipinski definition) is 0. The Kier molecular flexibility index (Phi) is 4.74. The minimum absolute atomic E-state index is 0.150. The lowest BCUT2D eigenvalue weighted by Gasteiger charge is -2.32. The smallest absolute Gasteiger partial charge is 0.253 e. The van der Waals surface area contributed by atoms with Crippen molar-refractivity contribution in [1.82, 2.24) is 14.2 Å². The zero-order chi connectivity index (χ0) is 18.3. The molecule has 0 aliphatic carbocycles. The summed E-state index contributed by atoms with van der Waals surface area (Å²) in [5.41, 5.74) is 0. The second-order valence-electron chi connectivity index (χ2n) is 5.83. The molecule has 3 heterocycles. The summed E-state index contributed by atoms with van der Waals surface area (Å²) in [6.45, 7) is 0.900. The van der Waals surface area contributed by atoms with Crippen LogP contribution in [0.15, 0.2) is 40.1 Å². The molecule has 0 saturated carbocycles.